The summed E-state index contributed by atoms with van der Waals surface area (Å²) in [6.07, 6.45) is 1.88. The van der Waals surface area contributed by atoms with Crippen molar-refractivity contribution in [3.05, 3.63) is 39.9 Å². The van der Waals surface area contributed by atoms with Crippen LogP contribution in [0.2, 0.25) is 0 Å². The van der Waals surface area contributed by atoms with E-state index in [0.29, 0.717) is 0 Å². The summed E-state index contributed by atoms with van der Waals surface area (Å²) in [5, 5.41) is 10.5. The van der Waals surface area contributed by atoms with Crippen LogP contribution in [0.15, 0.2) is 24.3 Å². The summed E-state index contributed by atoms with van der Waals surface area (Å²) in [5.74, 6) is 0. The molecule has 0 heterocycles. The van der Waals surface area contributed by atoms with Crippen LogP contribution in [0.1, 0.15) is 12.0 Å². The number of non-ortho nitro benzene ring substituents is 1. The van der Waals surface area contributed by atoms with Gasteiger partial charge in [0.05, 0.1) is 9.63 Å². The van der Waals surface area contributed by atoms with E-state index in [0.717, 1.165) is 24.9 Å². The highest BCUT2D eigenvalue weighted by atomic mass is 32.2. The van der Waals surface area contributed by atoms with Crippen molar-refractivity contribution < 1.29 is 4.92 Å². The number of aryl methyl sites for hydroxylation is 1. The van der Waals surface area contributed by atoms with E-state index in [9.17, 15) is 10.1 Å². The van der Waals surface area contributed by atoms with Gasteiger partial charge in [0.2, 0.25) is 0 Å². The largest absolute Gasteiger partial charge is 0.287 e. The summed E-state index contributed by atoms with van der Waals surface area (Å²) in [6.45, 7) is 0.897. The highest BCUT2D eigenvalue weighted by Crippen LogP contribution is 2.13. The first-order valence-corrected chi connectivity index (χ1v) is 6.33. The molecule has 0 N–H and O–H groups in total. The molecule has 6 heteroatoms. The number of hydrogen-bond acceptors (Lipinski definition) is 5. The monoisotopic (exact) mass is 272 g/mol. The lowest BCUT2D eigenvalue weighted by atomic mass is 10.1. The van der Waals surface area contributed by atoms with Gasteiger partial charge < -0.3 is 0 Å². The molecule has 0 radical (unpaired) electrons. The Morgan fingerprint density at radius 2 is 1.94 bits per heavy atom. The quantitative estimate of drug-likeness (QED) is 0.362. The molecule has 1 aromatic carbocycles. The summed E-state index contributed by atoms with van der Waals surface area (Å²) in [7, 11) is 1.96. The minimum Gasteiger partial charge on any atom is -0.287 e. The molecule has 0 spiro atoms. The van der Waals surface area contributed by atoms with Crippen LogP contribution >= 0.6 is 25.3 Å². The van der Waals surface area contributed by atoms with Gasteiger partial charge in [-0.3, -0.25) is 15.0 Å². The number of thiol groups is 2. The maximum Gasteiger partial charge on any atom is 0.269 e. The topological polar surface area (TPSA) is 46.4 Å². The zero-order valence-electron chi connectivity index (χ0n) is 9.61. The first-order valence-electron chi connectivity index (χ1n) is 5.30. The number of hydrogen-bond donors (Lipinski definition) is 2. The van der Waals surface area contributed by atoms with Gasteiger partial charge in [-0.25, -0.2) is 0 Å². The molecule has 0 aromatic heterocycles. The van der Waals surface area contributed by atoms with Gasteiger partial charge in [0.15, 0.2) is 0 Å². The van der Waals surface area contributed by atoms with Gasteiger partial charge in [-0.1, -0.05) is 12.1 Å². The van der Waals surface area contributed by atoms with Crippen LogP contribution in [-0.2, 0) is 6.42 Å². The number of nitro groups is 1. The van der Waals surface area contributed by atoms with Crippen molar-refractivity contribution in [1.29, 1.82) is 0 Å². The molecule has 1 rings (SSSR count). The molecule has 0 aliphatic rings. The molecule has 0 aliphatic carbocycles. The minimum atomic E-state index is -0.385. The Labute approximate surface area is 112 Å². The molecular formula is C11H16N2O2S2. The third kappa shape index (κ3) is 4.97. The zero-order valence-corrected chi connectivity index (χ0v) is 11.4. The summed E-state index contributed by atoms with van der Waals surface area (Å²) in [4.78, 5) is 12.1. The minimum absolute atomic E-state index is 0.0492. The Kier molecular flexibility index (Phi) is 5.80. The molecule has 0 saturated heterocycles. The molecule has 0 fully saturated rings. The van der Waals surface area contributed by atoms with Gasteiger partial charge in [-0.2, -0.15) is 0 Å². The molecule has 94 valence electrons. The van der Waals surface area contributed by atoms with Crippen molar-refractivity contribution >= 4 is 30.9 Å². The second-order valence-electron chi connectivity index (χ2n) is 3.85. The lowest BCUT2D eigenvalue weighted by Crippen LogP contribution is -2.24. The van der Waals surface area contributed by atoms with Crippen LogP contribution in [0.4, 0.5) is 5.69 Å². The molecule has 0 bridgehead atoms. The van der Waals surface area contributed by atoms with Crippen LogP contribution in [0.5, 0.6) is 0 Å². The molecule has 0 amide bonds. The fourth-order valence-electron chi connectivity index (χ4n) is 1.43. The number of rotatable bonds is 6. The highest BCUT2D eigenvalue weighted by molar-refractivity contribution is 7.99. The van der Waals surface area contributed by atoms with Crippen LogP contribution in [0.25, 0.3) is 0 Å². The maximum absolute atomic E-state index is 10.5. The predicted molar refractivity (Wildman–Crippen MR) is 75.8 cm³/mol. The predicted octanol–water partition coefficient (Wildman–Crippen LogP) is 2.60. The van der Waals surface area contributed by atoms with E-state index < -0.39 is 0 Å². The van der Waals surface area contributed by atoms with Crippen molar-refractivity contribution in [1.82, 2.24) is 4.90 Å². The molecule has 0 aliphatic heterocycles. The van der Waals surface area contributed by atoms with Gasteiger partial charge in [0, 0.05) is 12.1 Å². The van der Waals surface area contributed by atoms with E-state index in [1.807, 2.05) is 11.9 Å². The maximum atomic E-state index is 10.5. The first kappa shape index (κ1) is 14.3. The van der Waals surface area contributed by atoms with E-state index in [1.54, 1.807) is 24.3 Å². The normalized spacial score (nSPS) is 11.1. The smallest absolute Gasteiger partial charge is 0.269 e. The van der Waals surface area contributed by atoms with E-state index >= 15 is 0 Å². The standard InChI is InChI=1S/C11H16N2O2S2/c1-12(11(16)17)8-2-3-9-4-6-10(7-5-9)13(14)15/h4-7,11,16-17H,2-3,8H2,1H3. The van der Waals surface area contributed by atoms with Crippen LogP contribution in [0.3, 0.4) is 0 Å². The van der Waals surface area contributed by atoms with Gasteiger partial charge >= 0.3 is 0 Å². The first-order chi connectivity index (χ1) is 8.00. The van der Waals surface area contributed by atoms with Crippen LogP contribution in [0, 0.1) is 10.1 Å². The molecular weight excluding hydrogens is 256 g/mol. The Balaban J connectivity index is 2.40. The molecule has 4 nitrogen and oxygen atoms in total. The fourth-order valence-corrected chi connectivity index (χ4v) is 1.66. The lowest BCUT2D eigenvalue weighted by Gasteiger charge is -2.18. The van der Waals surface area contributed by atoms with E-state index in [4.69, 9.17) is 0 Å². The molecule has 1 aromatic rings. The number of benzene rings is 1. The van der Waals surface area contributed by atoms with Crippen molar-refractivity contribution in [2.24, 2.45) is 0 Å². The molecule has 17 heavy (non-hydrogen) atoms. The summed E-state index contributed by atoms with van der Waals surface area (Å²) in [5.41, 5.74) is 1.25. The second kappa shape index (κ2) is 6.88. The Morgan fingerprint density at radius 3 is 2.41 bits per heavy atom. The van der Waals surface area contributed by atoms with Gasteiger partial charge in [0.1, 0.15) is 0 Å². The molecule has 0 saturated carbocycles. The van der Waals surface area contributed by atoms with Gasteiger partial charge in [-0.05, 0) is 32.0 Å². The van der Waals surface area contributed by atoms with Crippen molar-refractivity contribution in [2.45, 2.75) is 17.5 Å². The fraction of sp³-hybridized carbons (Fsp3) is 0.455. The Hall–Kier alpha value is -0.720. The average Bonchev–Trinajstić information content (AvgIpc) is 2.29. The Morgan fingerprint density at radius 1 is 1.35 bits per heavy atom. The van der Waals surface area contributed by atoms with Crippen LogP contribution < -0.4 is 0 Å². The van der Waals surface area contributed by atoms with E-state index in [-0.39, 0.29) is 15.3 Å². The highest BCUT2D eigenvalue weighted by Gasteiger charge is 2.06. The van der Waals surface area contributed by atoms with E-state index in [1.165, 1.54) is 0 Å². The number of nitro benzene ring substituents is 1. The zero-order chi connectivity index (χ0) is 12.8. The average molecular weight is 272 g/mol. The third-order valence-electron chi connectivity index (χ3n) is 2.52. The van der Waals surface area contributed by atoms with Crippen molar-refractivity contribution in [3.63, 3.8) is 0 Å². The third-order valence-corrected chi connectivity index (χ3v) is 3.31. The Bertz CT molecular complexity index is 368. The summed E-state index contributed by atoms with van der Waals surface area (Å²) >= 11 is 8.41. The van der Waals surface area contributed by atoms with Crippen LogP contribution in [-0.4, -0.2) is 28.1 Å². The number of nitrogens with zero attached hydrogens (tertiary/aromatic N) is 2. The van der Waals surface area contributed by atoms with Crippen molar-refractivity contribution in [3.8, 4) is 0 Å². The lowest BCUT2D eigenvalue weighted by molar-refractivity contribution is -0.384. The second-order valence-corrected chi connectivity index (χ2v) is 5.24. The molecule has 0 atom stereocenters. The molecule has 0 unspecified atom stereocenters. The summed E-state index contributed by atoms with van der Waals surface area (Å²) in [6, 6.07) is 6.69. The van der Waals surface area contributed by atoms with Gasteiger partial charge in [-0.15, -0.1) is 25.3 Å². The SMILES string of the molecule is CN(CCCc1ccc([N+](=O)[O-])cc1)C(S)S. The summed E-state index contributed by atoms with van der Waals surface area (Å²) < 4.78 is -0.0492. The van der Waals surface area contributed by atoms with E-state index in [2.05, 4.69) is 25.3 Å². The van der Waals surface area contributed by atoms with Gasteiger partial charge in [0.25, 0.3) is 5.69 Å². The van der Waals surface area contributed by atoms with Crippen molar-refractivity contribution in [2.75, 3.05) is 13.6 Å².